The largest absolute Gasteiger partial charge is 0.381 e. The van der Waals surface area contributed by atoms with Gasteiger partial charge in [0.05, 0.1) is 31.1 Å². The quantitative estimate of drug-likeness (QED) is 0.443. The zero-order valence-electron chi connectivity index (χ0n) is 18.6. The third-order valence-corrected chi connectivity index (χ3v) is 5.82. The van der Waals surface area contributed by atoms with Gasteiger partial charge in [-0.15, -0.1) is 11.5 Å². The molecule has 9 nitrogen and oxygen atoms in total. The number of nitrogens with two attached hydrogens (primary N) is 1. The molecule has 1 atom stereocenters. The molecule has 0 bridgehead atoms. The standard InChI is InChI=1S/C24H23FN8O/c1-3-16-6-4-8-19(15(16)2)24-27-22(21(25)23(26)28-24)20-14-33(31-29-20)12-17-9-10-32(30-17)13-18-7-5-11-34-18/h1,4,6,8-10,14,18H,5,7,11-13H2,2H3,(H2,26,27,28). The molecule has 0 amide bonds. The highest BCUT2D eigenvalue weighted by Crippen LogP contribution is 2.28. The van der Waals surface area contributed by atoms with Crippen LogP contribution in [-0.2, 0) is 17.8 Å². The van der Waals surface area contributed by atoms with Gasteiger partial charge >= 0.3 is 0 Å². The van der Waals surface area contributed by atoms with Crippen molar-refractivity contribution >= 4 is 5.82 Å². The fourth-order valence-electron chi connectivity index (χ4n) is 4.03. The maximum atomic E-state index is 14.9. The van der Waals surface area contributed by atoms with Gasteiger partial charge in [0, 0.05) is 23.9 Å². The van der Waals surface area contributed by atoms with Crippen LogP contribution in [0.4, 0.5) is 10.2 Å². The van der Waals surface area contributed by atoms with Gasteiger partial charge in [-0.25, -0.2) is 19.0 Å². The van der Waals surface area contributed by atoms with Crippen molar-refractivity contribution in [3.8, 4) is 35.1 Å². The number of anilines is 1. The molecule has 3 aromatic heterocycles. The number of terminal acetylenes is 1. The van der Waals surface area contributed by atoms with E-state index in [4.69, 9.17) is 16.9 Å². The molecule has 5 rings (SSSR count). The van der Waals surface area contributed by atoms with E-state index in [9.17, 15) is 4.39 Å². The van der Waals surface area contributed by atoms with Crippen molar-refractivity contribution in [2.24, 2.45) is 0 Å². The summed E-state index contributed by atoms with van der Waals surface area (Å²) in [5, 5.41) is 12.8. The monoisotopic (exact) mass is 458 g/mol. The summed E-state index contributed by atoms with van der Waals surface area (Å²) in [4.78, 5) is 8.54. The van der Waals surface area contributed by atoms with E-state index in [0.717, 1.165) is 37.3 Å². The molecule has 4 heterocycles. The van der Waals surface area contributed by atoms with Gasteiger partial charge in [-0.3, -0.25) is 4.68 Å². The molecule has 0 spiro atoms. The van der Waals surface area contributed by atoms with Crippen LogP contribution in [-0.4, -0.2) is 47.5 Å². The molecule has 172 valence electrons. The van der Waals surface area contributed by atoms with Crippen LogP contribution < -0.4 is 5.73 Å². The smallest absolute Gasteiger partial charge is 0.193 e. The average Bonchev–Trinajstić information content (AvgIpc) is 3.60. The van der Waals surface area contributed by atoms with E-state index in [0.29, 0.717) is 17.7 Å². The van der Waals surface area contributed by atoms with Crippen LogP contribution in [0.1, 0.15) is 29.7 Å². The van der Waals surface area contributed by atoms with Gasteiger partial charge in [0.25, 0.3) is 0 Å². The molecule has 1 aromatic carbocycles. The average molecular weight is 459 g/mol. The van der Waals surface area contributed by atoms with Crippen molar-refractivity contribution in [1.82, 2.24) is 34.7 Å². The number of hydrogen-bond acceptors (Lipinski definition) is 7. The van der Waals surface area contributed by atoms with Crippen molar-refractivity contribution < 1.29 is 9.13 Å². The second kappa shape index (κ2) is 9.03. The van der Waals surface area contributed by atoms with Crippen molar-refractivity contribution in [3.63, 3.8) is 0 Å². The Balaban J connectivity index is 1.40. The van der Waals surface area contributed by atoms with Gasteiger partial charge in [-0.1, -0.05) is 23.3 Å². The van der Waals surface area contributed by atoms with Gasteiger partial charge in [0.2, 0.25) is 0 Å². The Bertz CT molecular complexity index is 1380. The minimum absolute atomic E-state index is 0.0248. The van der Waals surface area contributed by atoms with E-state index in [1.165, 1.54) is 0 Å². The van der Waals surface area contributed by atoms with Crippen molar-refractivity contribution in [1.29, 1.82) is 0 Å². The number of nitrogen functional groups attached to an aromatic ring is 1. The lowest BCUT2D eigenvalue weighted by atomic mass is 10.0. The third-order valence-electron chi connectivity index (χ3n) is 5.82. The summed E-state index contributed by atoms with van der Waals surface area (Å²) in [6, 6.07) is 7.35. The first-order valence-corrected chi connectivity index (χ1v) is 11.0. The molecule has 0 saturated carbocycles. The number of aromatic nitrogens is 7. The van der Waals surface area contributed by atoms with Gasteiger partial charge in [-0.2, -0.15) is 5.10 Å². The summed E-state index contributed by atoms with van der Waals surface area (Å²) in [6.07, 6.45) is 11.4. The van der Waals surface area contributed by atoms with Crippen LogP contribution in [0, 0.1) is 25.1 Å². The fourth-order valence-corrected chi connectivity index (χ4v) is 4.03. The van der Waals surface area contributed by atoms with Crippen molar-refractivity contribution in [2.75, 3.05) is 12.3 Å². The lowest BCUT2D eigenvalue weighted by Gasteiger charge is -2.09. The Hall–Kier alpha value is -4.10. The molecular formula is C24H23FN8O. The molecule has 4 aromatic rings. The molecular weight excluding hydrogens is 435 g/mol. The molecule has 2 N–H and O–H groups in total. The maximum Gasteiger partial charge on any atom is 0.193 e. The minimum Gasteiger partial charge on any atom is -0.381 e. The second-order valence-corrected chi connectivity index (χ2v) is 8.18. The summed E-state index contributed by atoms with van der Waals surface area (Å²) in [6.45, 7) is 3.77. The Labute approximate surface area is 195 Å². The SMILES string of the molecule is C#Cc1cccc(-c2nc(N)c(F)c(-c3cn(Cc4ccn(CC5CCCO5)n4)nn3)n2)c1C. The molecule has 0 radical (unpaired) electrons. The second-order valence-electron chi connectivity index (χ2n) is 8.18. The lowest BCUT2D eigenvalue weighted by Crippen LogP contribution is -2.15. The highest BCUT2D eigenvalue weighted by Gasteiger charge is 2.20. The normalized spacial score (nSPS) is 15.5. The van der Waals surface area contributed by atoms with Crippen LogP contribution >= 0.6 is 0 Å². The van der Waals surface area contributed by atoms with E-state index in [2.05, 4.69) is 31.3 Å². The van der Waals surface area contributed by atoms with Gasteiger partial charge < -0.3 is 10.5 Å². The summed E-state index contributed by atoms with van der Waals surface area (Å²) in [7, 11) is 0. The molecule has 1 unspecified atom stereocenters. The van der Waals surface area contributed by atoms with E-state index in [1.54, 1.807) is 16.9 Å². The molecule has 0 aliphatic carbocycles. The lowest BCUT2D eigenvalue weighted by molar-refractivity contribution is 0.0939. The number of rotatable bonds is 6. The van der Waals surface area contributed by atoms with Gasteiger partial charge in [0.15, 0.2) is 17.5 Å². The van der Waals surface area contributed by atoms with Crippen LogP contribution in [0.25, 0.3) is 22.8 Å². The highest BCUT2D eigenvalue weighted by molar-refractivity contribution is 5.69. The predicted molar refractivity (Wildman–Crippen MR) is 124 cm³/mol. The summed E-state index contributed by atoms with van der Waals surface area (Å²) in [5.74, 6) is 1.88. The summed E-state index contributed by atoms with van der Waals surface area (Å²) in [5.41, 5.74) is 9.09. The first-order valence-electron chi connectivity index (χ1n) is 11.0. The van der Waals surface area contributed by atoms with Crippen LogP contribution in [0.2, 0.25) is 0 Å². The van der Waals surface area contributed by atoms with E-state index in [-0.39, 0.29) is 29.1 Å². The molecule has 1 saturated heterocycles. The topological polar surface area (TPSA) is 110 Å². The molecule has 1 aliphatic rings. The number of halogens is 1. The third kappa shape index (κ3) is 4.25. The summed E-state index contributed by atoms with van der Waals surface area (Å²) >= 11 is 0. The maximum absolute atomic E-state index is 14.9. The van der Waals surface area contributed by atoms with Crippen molar-refractivity contribution in [2.45, 2.75) is 39.0 Å². The Kier molecular flexibility index (Phi) is 5.77. The predicted octanol–water partition coefficient (Wildman–Crippen LogP) is 2.84. The van der Waals surface area contributed by atoms with Gasteiger partial charge in [-0.05, 0) is 37.5 Å². The number of benzene rings is 1. The molecule has 10 heteroatoms. The number of hydrogen-bond donors (Lipinski definition) is 1. The van der Waals surface area contributed by atoms with E-state index >= 15 is 0 Å². The first kappa shape index (κ1) is 21.7. The Morgan fingerprint density at radius 3 is 2.94 bits per heavy atom. The summed E-state index contributed by atoms with van der Waals surface area (Å²) < 4.78 is 24.0. The van der Waals surface area contributed by atoms with E-state index in [1.807, 2.05) is 36.0 Å². The fraction of sp³-hybridized carbons (Fsp3) is 0.292. The van der Waals surface area contributed by atoms with Gasteiger partial charge in [0.1, 0.15) is 11.4 Å². The Morgan fingerprint density at radius 1 is 1.26 bits per heavy atom. The van der Waals surface area contributed by atoms with Crippen molar-refractivity contribution in [3.05, 3.63) is 59.3 Å². The highest BCUT2D eigenvalue weighted by atomic mass is 19.1. The Morgan fingerprint density at radius 2 is 2.15 bits per heavy atom. The molecule has 1 aliphatic heterocycles. The van der Waals surface area contributed by atoms with Crippen LogP contribution in [0.3, 0.4) is 0 Å². The van der Waals surface area contributed by atoms with E-state index < -0.39 is 5.82 Å². The zero-order chi connectivity index (χ0) is 23.7. The molecule has 34 heavy (non-hydrogen) atoms. The van der Waals surface area contributed by atoms with Crippen LogP contribution in [0.5, 0.6) is 0 Å². The number of ether oxygens (including phenoxy) is 1. The number of nitrogens with zero attached hydrogens (tertiary/aromatic N) is 7. The zero-order valence-corrected chi connectivity index (χ0v) is 18.6. The minimum atomic E-state index is -0.748. The molecule has 1 fully saturated rings. The van der Waals surface area contributed by atoms with Crippen LogP contribution in [0.15, 0.2) is 36.7 Å². The first-order chi connectivity index (χ1) is 16.5.